The number of carbonyl (C=O) groups is 3. The summed E-state index contributed by atoms with van der Waals surface area (Å²) in [6.07, 6.45) is 4.11. The fourth-order valence-corrected chi connectivity index (χ4v) is 8.65. The van der Waals surface area contributed by atoms with Crippen molar-refractivity contribution >= 4 is 17.5 Å². The number of fused-ring (bicyclic) bond motifs is 7. The number of carbonyl (C=O) groups excluding carboxylic acids is 3. The lowest BCUT2D eigenvalue weighted by Gasteiger charge is -2.62. The molecule has 4 aliphatic carbocycles. The van der Waals surface area contributed by atoms with Gasteiger partial charge in [0.25, 0.3) is 0 Å². The van der Waals surface area contributed by atoms with E-state index in [4.69, 9.17) is 24.6 Å². The van der Waals surface area contributed by atoms with Crippen LogP contribution in [0.1, 0.15) is 72.6 Å². The molecule has 41 heavy (non-hydrogen) atoms. The van der Waals surface area contributed by atoms with Crippen molar-refractivity contribution in [3.05, 3.63) is 23.8 Å². The van der Waals surface area contributed by atoms with Gasteiger partial charge in [0.15, 0.2) is 29.4 Å². The van der Waals surface area contributed by atoms with Gasteiger partial charge in [-0.25, -0.2) is 4.39 Å². The number of esters is 1. The minimum absolute atomic E-state index is 0.0116. The van der Waals surface area contributed by atoms with E-state index in [-0.39, 0.29) is 31.1 Å². The number of hydrogen-bond donors (Lipinski definition) is 3. The second kappa shape index (κ2) is 10.3. The molecule has 12 heteroatoms. The van der Waals surface area contributed by atoms with Crippen LogP contribution in [0.5, 0.6) is 0 Å². The Morgan fingerprint density at radius 2 is 1.90 bits per heavy atom. The maximum Gasteiger partial charge on any atom is 0.306 e. The highest BCUT2D eigenvalue weighted by Crippen LogP contribution is 2.72. The van der Waals surface area contributed by atoms with Crippen LogP contribution in [-0.4, -0.2) is 80.9 Å². The van der Waals surface area contributed by atoms with Gasteiger partial charge in [-0.05, 0) is 77.4 Å². The van der Waals surface area contributed by atoms with Crippen LogP contribution in [0.25, 0.3) is 0 Å². The lowest BCUT2D eigenvalue weighted by molar-refractivity contribution is -0.492. The van der Waals surface area contributed by atoms with Gasteiger partial charge in [-0.1, -0.05) is 18.6 Å². The highest BCUT2D eigenvalue weighted by molar-refractivity contribution is 6.01. The lowest BCUT2D eigenvalue weighted by Crippen LogP contribution is -2.70. The zero-order chi connectivity index (χ0) is 30.0. The molecule has 0 spiro atoms. The van der Waals surface area contributed by atoms with Crippen molar-refractivity contribution < 1.29 is 53.3 Å². The Morgan fingerprint density at radius 3 is 2.61 bits per heavy atom. The number of nitrogens with zero attached hydrogens (tertiary/aromatic N) is 1. The molecular weight excluding hydrogens is 541 g/mol. The largest absolute Gasteiger partial charge is 0.458 e. The Balaban J connectivity index is 1.38. The molecule has 8 atom stereocenters. The third kappa shape index (κ3) is 4.54. The number of rotatable bonds is 9. The van der Waals surface area contributed by atoms with Crippen LogP contribution in [-0.2, 0) is 33.4 Å². The number of hydrogen-bond acceptors (Lipinski definition) is 11. The number of aliphatic hydroxyl groups is 1. The van der Waals surface area contributed by atoms with Gasteiger partial charge < -0.3 is 19.3 Å². The fourth-order valence-electron chi connectivity index (χ4n) is 8.65. The molecular formula is C29H40FNO10. The van der Waals surface area contributed by atoms with Crippen molar-refractivity contribution in [1.29, 1.82) is 0 Å². The first kappa shape index (κ1) is 30.4. The first-order valence-corrected chi connectivity index (χ1v) is 14.3. The monoisotopic (exact) mass is 581 g/mol. The molecule has 11 nitrogen and oxygen atoms in total. The maximum absolute atomic E-state index is 17.5. The van der Waals surface area contributed by atoms with E-state index in [1.165, 1.54) is 12.2 Å². The second-order valence-corrected chi connectivity index (χ2v) is 13.0. The number of unbranched alkanes of at least 4 members (excludes halogenated alkanes) is 1. The predicted molar refractivity (Wildman–Crippen MR) is 138 cm³/mol. The second-order valence-electron chi connectivity index (χ2n) is 13.0. The van der Waals surface area contributed by atoms with Crippen LogP contribution < -0.4 is 0 Å². The Hall–Kier alpha value is -2.06. The molecule has 0 aromatic rings. The summed E-state index contributed by atoms with van der Waals surface area (Å²) in [5.41, 5.74) is -5.12. The Morgan fingerprint density at radius 1 is 1.17 bits per heavy atom. The van der Waals surface area contributed by atoms with Crippen LogP contribution in [0, 0.1) is 22.7 Å². The first-order chi connectivity index (χ1) is 19.1. The van der Waals surface area contributed by atoms with Gasteiger partial charge >= 0.3 is 5.97 Å². The molecule has 1 aliphatic heterocycles. The fraction of sp³-hybridized carbons (Fsp3) is 0.759. The van der Waals surface area contributed by atoms with Crippen LogP contribution in [0.3, 0.4) is 0 Å². The first-order valence-electron chi connectivity index (χ1n) is 14.3. The molecule has 1 unspecified atom stereocenters. The van der Waals surface area contributed by atoms with Gasteiger partial charge in [0, 0.05) is 23.2 Å². The van der Waals surface area contributed by atoms with Crippen LogP contribution in [0.2, 0.25) is 0 Å². The number of alkyl halides is 1. The summed E-state index contributed by atoms with van der Waals surface area (Å²) in [4.78, 5) is 43.0. The van der Waals surface area contributed by atoms with Gasteiger partial charge in [0.05, 0.1) is 24.2 Å². The molecule has 0 radical (unpaired) electrons. The zero-order valence-corrected chi connectivity index (χ0v) is 23.9. The number of ether oxygens (including phenoxy) is 3. The molecule has 4 fully saturated rings. The highest BCUT2D eigenvalue weighted by Gasteiger charge is 2.80. The molecule has 5 rings (SSSR count). The molecule has 0 bridgehead atoms. The highest BCUT2D eigenvalue weighted by atomic mass is 19.1. The van der Waals surface area contributed by atoms with Crippen molar-refractivity contribution in [3.63, 3.8) is 0 Å². The summed E-state index contributed by atoms with van der Waals surface area (Å²) in [6.45, 7) is 6.41. The molecule has 228 valence electrons. The Kier molecular flexibility index (Phi) is 7.63. The molecule has 0 amide bonds. The van der Waals surface area contributed by atoms with E-state index in [0.29, 0.717) is 37.7 Å². The van der Waals surface area contributed by atoms with E-state index < -0.39 is 69.8 Å². The van der Waals surface area contributed by atoms with Crippen molar-refractivity contribution in [3.8, 4) is 0 Å². The van der Waals surface area contributed by atoms with Crippen molar-refractivity contribution in [2.75, 3.05) is 13.2 Å². The van der Waals surface area contributed by atoms with Gasteiger partial charge in [0.1, 0.15) is 0 Å². The number of ketones is 2. The normalized spacial score (nSPS) is 42.3. The van der Waals surface area contributed by atoms with Gasteiger partial charge in [-0.3, -0.25) is 29.6 Å². The lowest BCUT2D eigenvalue weighted by atomic mass is 9.44. The molecule has 0 aromatic carbocycles. The quantitative estimate of drug-likeness (QED) is 0.209. The van der Waals surface area contributed by atoms with Crippen molar-refractivity contribution in [2.45, 2.75) is 102 Å². The molecule has 3 saturated carbocycles. The van der Waals surface area contributed by atoms with E-state index in [0.717, 1.165) is 0 Å². The Bertz CT molecular complexity index is 1170. The van der Waals surface area contributed by atoms with Gasteiger partial charge in [-0.15, -0.1) is 0 Å². The molecule has 1 saturated heterocycles. The summed E-state index contributed by atoms with van der Waals surface area (Å²) < 4.78 is 35.5. The number of allylic oxidation sites excluding steroid dienone is 4. The van der Waals surface area contributed by atoms with Crippen LogP contribution in [0.4, 0.5) is 4.39 Å². The van der Waals surface area contributed by atoms with E-state index in [1.807, 2.05) is 6.92 Å². The van der Waals surface area contributed by atoms with Crippen molar-refractivity contribution in [2.24, 2.45) is 22.7 Å². The Labute approximate surface area is 238 Å². The summed E-state index contributed by atoms with van der Waals surface area (Å²) >= 11 is 0. The van der Waals surface area contributed by atoms with Gasteiger partial charge in [0.2, 0.25) is 5.78 Å². The third-order valence-corrected chi connectivity index (χ3v) is 10.4. The smallest absolute Gasteiger partial charge is 0.306 e. The number of aliphatic hydroxyl groups excluding tert-OH is 1. The molecule has 1 heterocycles. The predicted octanol–water partition coefficient (Wildman–Crippen LogP) is 3.15. The van der Waals surface area contributed by atoms with E-state index in [1.54, 1.807) is 26.8 Å². The number of halogens is 1. The van der Waals surface area contributed by atoms with Crippen molar-refractivity contribution in [1.82, 2.24) is 5.39 Å². The molecule has 5 aliphatic rings. The molecule has 0 aromatic heterocycles. The maximum atomic E-state index is 17.5. The summed E-state index contributed by atoms with van der Waals surface area (Å²) in [5, 5.41) is 28.3. The van der Waals surface area contributed by atoms with E-state index in [2.05, 4.69) is 4.84 Å². The van der Waals surface area contributed by atoms with Gasteiger partial charge in [-0.2, -0.15) is 0 Å². The van der Waals surface area contributed by atoms with E-state index >= 15 is 4.39 Å². The van der Waals surface area contributed by atoms with Crippen LogP contribution >= 0.6 is 0 Å². The zero-order valence-electron chi connectivity index (χ0n) is 23.9. The number of Topliss-reactive ketones (excluding diaryl/α,β-unsaturated/α-hetero) is 1. The average molecular weight is 582 g/mol. The summed E-state index contributed by atoms with van der Waals surface area (Å²) in [5.74, 6) is -3.42. The standard InChI is InChI=1S/C29H40FNO10/c1-25(2)40-23-14-20-19-9-8-17-13-18(32)10-11-26(17,3)28(19,30)21(33)15-27(20,4)29(23,41-25)22(34)16-38-24(35)7-5-6-12-39-31(36)37/h10-11,13,19-21,23,33,36-37H,5-9,12,14-16H2,1-4H3/t19?,20-,21-,23+,26-,27-,28-,29+/m0/s1. The summed E-state index contributed by atoms with van der Waals surface area (Å²) in [6, 6.07) is 0. The SMILES string of the molecule is CC1(C)O[C@@H]2C[C@H]3C4CCC5=CC(=O)C=C[C@]5(C)[C@@]4(F)[C@@H](O)C[C@]3(C)[C@]2(C(=O)COC(=O)CCCCON(O)O)O1. The summed E-state index contributed by atoms with van der Waals surface area (Å²) in [7, 11) is 0. The average Bonchev–Trinajstić information content (AvgIpc) is 3.29. The molecule has 3 N–H and O–H groups in total. The van der Waals surface area contributed by atoms with E-state index in [9.17, 15) is 19.5 Å². The third-order valence-electron chi connectivity index (χ3n) is 10.4. The minimum Gasteiger partial charge on any atom is -0.458 e. The minimum atomic E-state index is -2.06. The van der Waals surface area contributed by atoms with Crippen LogP contribution in [0.15, 0.2) is 23.8 Å². The topological polar surface area (TPSA) is 152 Å².